The number of benzene rings is 1. The van der Waals surface area contributed by atoms with Crippen molar-refractivity contribution >= 4 is 0 Å². The lowest BCUT2D eigenvalue weighted by molar-refractivity contribution is 0.367. The number of aromatic hydroxyl groups is 3. The molecule has 11 heavy (non-hydrogen) atoms. The van der Waals surface area contributed by atoms with E-state index in [2.05, 4.69) is 0 Å². The number of nitrogens with zero attached hydrogens (tertiary/aromatic N) is 1. The maximum Gasteiger partial charge on any atom is 0.201 e. The predicted octanol–water partition coefficient (Wildman–Crippen LogP) is 0.675. The maximum absolute atomic E-state index is 8.95. The molecule has 0 saturated carbocycles. The highest BCUT2D eigenvalue weighted by molar-refractivity contribution is 5.57. The molecule has 0 aliphatic rings. The van der Waals surface area contributed by atoms with Gasteiger partial charge in [0.05, 0.1) is 5.56 Å². The Balaban J connectivity index is 3.40. The molecule has 0 atom stereocenters. The second kappa shape index (κ2) is 2.39. The fourth-order valence-electron chi connectivity index (χ4n) is 0.659. The molecule has 3 N–H and O–H groups in total. The number of rotatable bonds is 0. The monoisotopic (exact) mass is 151 g/mol. The Morgan fingerprint density at radius 3 is 2.27 bits per heavy atom. The van der Waals surface area contributed by atoms with Crippen LogP contribution in [0.5, 0.6) is 17.2 Å². The van der Waals surface area contributed by atoms with Crippen LogP contribution in [0.4, 0.5) is 0 Å². The molecule has 1 aromatic rings. The molecular formula is C7H5NO3. The first-order chi connectivity index (χ1) is 5.16. The van der Waals surface area contributed by atoms with Crippen LogP contribution in [0.3, 0.4) is 0 Å². The normalized spacial score (nSPS) is 9.00. The predicted molar refractivity (Wildman–Crippen MR) is 36.2 cm³/mol. The van der Waals surface area contributed by atoms with Gasteiger partial charge in [0.15, 0.2) is 11.5 Å². The molecular weight excluding hydrogens is 146 g/mol. The quantitative estimate of drug-likeness (QED) is 0.476. The van der Waals surface area contributed by atoms with Gasteiger partial charge in [-0.05, 0) is 12.1 Å². The van der Waals surface area contributed by atoms with Gasteiger partial charge in [-0.3, -0.25) is 0 Å². The van der Waals surface area contributed by atoms with Crippen molar-refractivity contribution in [2.24, 2.45) is 0 Å². The molecule has 0 aliphatic heterocycles. The Hall–Kier alpha value is -1.89. The van der Waals surface area contributed by atoms with E-state index < -0.39 is 17.2 Å². The van der Waals surface area contributed by atoms with Gasteiger partial charge in [0, 0.05) is 0 Å². The molecule has 0 fully saturated rings. The number of hydrogen-bond donors (Lipinski definition) is 3. The molecule has 0 spiro atoms. The third-order valence-electron chi connectivity index (χ3n) is 1.25. The van der Waals surface area contributed by atoms with E-state index in [0.29, 0.717) is 0 Å². The van der Waals surface area contributed by atoms with Gasteiger partial charge in [0.25, 0.3) is 0 Å². The summed E-state index contributed by atoms with van der Waals surface area (Å²) in [5, 5.41) is 34.9. The minimum atomic E-state index is -0.663. The van der Waals surface area contributed by atoms with E-state index in [0.717, 1.165) is 6.07 Å². The lowest BCUT2D eigenvalue weighted by Gasteiger charge is -2.00. The Bertz CT molecular complexity index is 327. The fourth-order valence-corrected chi connectivity index (χ4v) is 0.659. The number of phenolic OH excluding ortho intramolecular Hbond substituents is 3. The topological polar surface area (TPSA) is 84.5 Å². The summed E-state index contributed by atoms with van der Waals surface area (Å²) in [5.74, 6) is -1.70. The summed E-state index contributed by atoms with van der Waals surface area (Å²) < 4.78 is 0. The zero-order valence-corrected chi connectivity index (χ0v) is 5.44. The smallest absolute Gasteiger partial charge is 0.201 e. The third kappa shape index (κ3) is 1.03. The standard InChI is InChI=1S/C7H5NO3/c8-3-4-1-2-5(9)7(11)6(4)10/h1-2,9-11H. The van der Waals surface area contributed by atoms with E-state index in [4.69, 9.17) is 20.6 Å². The minimum absolute atomic E-state index is 0.0692. The summed E-state index contributed by atoms with van der Waals surface area (Å²) in [6.07, 6.45) is 0. The Morgan fingerprint density at radius 1 is 1.09 bits per heavy atom. The first-order valence-electron chi connectivity index (χ1n) is 2.81. The van der Waals surface area contributed by atoms with Crippen LogP contribution in [-0.4, -0.2) is 15.3 Å². The van der Waals surface area contributed by atoms with Crippen LogP contribution in [0.1, 0.15) is 5.56 Å². The van der Waals surface area contributed by atoms with Gasteiger partial charge in [0.1, 0.15) is 6.07 Å². The van der Waals surface area contributed by atoms with E-state index in [9.17, 15) is 0 Å². The van der Waals surface area contributed by atoms with E-state index in [-0.39, 0.29) is 5.56 Å². The largest absolute Gasteiger partial charge is 0.504 e. The fraction of sp³-hybridized carbons (Fsp3) is 0. The van der Waals surface area contributed by atoms with Crippen molar-refractivity contribution in [3.05, 3.63) is 17.7 Å². The van der Waals surface area contributed by atoms with Crippen molar-refractivity contribution in [3.63, 3.8) is 0 Å². The van der Waals surface area contributed by atoms with Crippen molar-refractivity contribution in [1.29, 1.82) is 5.26 Å². The molecule has 0 saturated heterocycles. The summed E-state index contributed by atoms with van der Waals surface area (Å²) >= 11 is 0. The molecule has 56 valence electrons. The third-order valence-corrected chi connectivity index (χ3v) is 1.25. The van der Waals surface area contributed by atoms with Crippen LogP contribution < -0.4 is 0 Å². The molecule has 0 radical (unpaired) electrons. The highest BCUT2D eigenvalue weighted by atomic mass is 16.3. The SMILES string of the molecule is N#Cc1ccc(O)c(O)c1O. The highest BCUT2D eigenvalue weighted by Gasteiger charge is 2.09. The second-order valence-electron chi connectivity index (χ2n) is 1.94. The van der Waals surface area contributed by atoms with Crippen molar-refractivity contribution in [1.82, 2.24) is 0 Å². The van der Waals surface area contributed by atoms with Crippen LogP contribution in [0.25, 0.3) is 0 Å². The Labute approximate surface area is 62.6 Å². The number of phenols is 3. The molecule has 0 aromatic heterocycles. The van der Waals surface area contributed by atoms with E-state index in [1.54, 1.807) is 6.07 Å². The summed E-state index contributed by atoms with van der Waals surface area (Å²) in [4.78, 5) is 0. The Kier molecular flexibility index (Phi) is 1.57. The molecule has 1 aromatic carbocycles. The van der Waals surface area contributed by atoms with E-state index in [1.807, 2.05) is 0 Å². The summed E-state index contributed by atoms with van der Waals surface area (Å²) in [5.41, 5.74) is -0.0692. The summed E-state index contributed by atoms with van der Waals surface area (Å²) in [7, 11) is 0. The Morgan fingerprint density at radius 2 is 1.73 bits per heavy atom. The lowest BCUT2D eigenvalue weighted by atomic mass is 10.2. The van der Waals surface area contributed by atoms with Gasteiger partial charge in [-0.2, -0.15) is 5.26 Å². The average molecular weight is 151 g/mol. The average Bonchev–Trinajstić information content (AvgIpc) is 2.01. The van der Waals surface area contributed by atoms with Crippen molar-refractivity contribution in [2.75, 3.05) is 0 Å². The van der Waals surface area contributed by atoms with Crippen molar-refractivity contribution < 1.29 is 15.3 Å². The van der Waals surface area contributed by atoms with Crippen LogP contribution in [0.15, 0.2) is 12.1 Å². The first kappa shape index (κ1) is 7.22. The van der Waals surface area contributed by atoms with Crippen LogP contribution >= 0.6 is 0 Å². The second-order valence-corrected chi connectivity index (χ2v) is 1.94. The van der Waals surface area contributed by atoms with Gasteiger partial charge in [-0.15, -0.1) is 0 Å². The van der Waals surface area contributed by atoms with E-state index >= 15 is 0 Å². The van der Waals surface area contributed by atoms with Crippen molar-refractivity contribution in [2.45, 2.75) is 0 Å². The number of hydrogen-bond acceptors (Lipinski definition) is 4. The van der Waals surface area contributed by atoms with Crippen LogP contribution in [0.2, 0.25) is 0 Å². The zero-order chi connectivity index (χ0) is 8.43. The maximum atomic E-state index is 8.95. The highest BCUT2D eigenvalue weighted by Crippen LogP contribution is 2.36. The zero-order valence-electron chi connectivity index (χ0n) is 5.44. The summed E-state index contributed by atoms with van der Waals surface area (Å²) in [6.45, 7) is 0. The van der Waals surface area contributed by atoms with Crippen molar-refractivity contribution in [3.8, 4) is 23.3 Å². The first-order valence-corrected chi connectivity index (χ1v) is 2.81. The molecule has 4 heteroatoms. The van der Waals surface area contributed by atoms with Crippen LogP contribution in [-0.2, 0) is 0 Å². The van der Waals surface area contributed by atoms with Crippen LogP contribution in [0, 0.1) is 11.3 Å². The summed E-state index contributed by atoms with van der Waals surface area (Å²) in [6, 6.07) is 3.99. The minimum Gasteiger partial charge on any atom is -0.504 e. The molecule has 0 heterocycles. The van der Waals surface area contributed by atoms with Gasteiger partial charge in [0.2, 0.25) is 5.75 Å². The van der Waals surface area contributed by atoms with E-state index in [1.165, 1.54) is 6.07 Å². The molecule has 1 rings (SSSR count). The van der Waals surface area contributed by atoms with Gasteiger partial charge in [-0.25, -0.2) is 0 Å². The van der Waals surface area contributed by atoms with Gasteiger partial charge in [-0.1, -0.05) is 0 Å². The molecule has 4 nitrogen and oxygen atoms in total. The molecule has 0 bridgehead atoms. The molecule has 0 unspecified atom stereocenters. The van der Waals surface area contributed by atoms with Gasteiger partial charge < -0.3 is 15.3 Å². The lowest BCUT2D eigenvalue weighted by Crippen LogP contribution is -1.77. The van der Waals surface area contributed by atoms with Gasteiger partial charge >= 0.3 is 0 Å². The molecule has 0 amide bonds. The molecule has 0 aliphatic carbocycles. The number of nitriles is 1.